The first-order valence-electron chi connectivity index (χ1n) is 6.35. The first-order chi connectivity index (χ1) is 11.1. The van der Waals surface area contributed by atoms with Gasteiger partial charge in [0.2, 0.25) is 0 Å². The molecule has 3 aromatic heterocycles. The zero-order valence-corrected chi connectivity index (χ0v) is 12.1. The molecular formula is C15H16N4O4. The van der Waals surface area contributed by atoms with E-state index in [1.165, 1.54) is 49.2 Å². The van der Waals surface area contributed by atoms with Crippen molar-refractivity contribution < 1.29 is 14.8 Å². The van der Waals surface area contributed by atoms with Crippen LogP contribution >= 0.6 is 0 Å². The number of nitrogen functional groups attached to an aromatic ring is 1. The Kier molecular flexibility index (Phi) is 7.77. The molecule has 0 aromatic carbocycles. The molecule has 0 saturated heterocycles. The Morgan fingerprint density at radius 1 is 1.04 bits per heavy atom. The highest BCUT2D eigenvalue weighted by atomic mass is 16.5. The minimum atomic E-state index is -0.0220. The van der Waals surface area contributed by atoms with Crippen LogP contribution in [0.5, 0.6) is 0 Å². The molecule has 0 spiro atoms. The predicted molar refractivity (Wildman–Crippen MR) is 82.6 cm³/mol. The number of pyridine rings is 2. The lowest BCUT2D eigenvalue weighted by Gasteiger charge is -1.90. The highest BCUT2D eigenvalue weighted by molar-refractivity contribution is 5.33. The number of anilines is 1. The number of hydrogen-bond acceptors (Lipinski definition) is 7. The summed E-state index contributed by atoms with van der Waals surface area (Å²) in [7, 11) is 0. The predicted octanol–water partition coefficient (Wildman–Crippen LogP) is 1.32. The van der Waals surface area contributed by atoms with Crippen LogP contribution in [-0.4, -0.2) is 20.1 Å². The fourth-order valence-electron chi connectivity index (χ4n) is 1.15. The van der Waals surface area contributed by atoms with E-state index in [4.69, 9.17) is 16.1 Å². The first kappa shape index (κ1) is 17.5. The molecule has 8 heteroatoms. The zero-order valence-electron chi connectivity index (χ0n) is 12.1. The van der Waals surface area contributed by atoms with Gasteiger partial charge in [-0.2, -0.15) is 0 Å². The van der Waals surface area contributed by atoms with Crippen LogP contribution in [0.2, 0.25) is 0 Å². The van der Waals surface area contributed by atoms with E-state index in [0.717, 1.165) is 10.4 Å². The van der Waals surface area contributed by atoms with Crippen LogP contribution in [0.15, 0.2) is 88.1 Å². The third-order valence-corrected chi connectivity index (χ3v) is 2.24. The maximum Gasteiger partial charge on any atom is 0.184 e. The summed E-state index contributed by atoms with van der Waals surface area (Å²) in [4.78, 5) is 14.0. The minimum absolute atomic E-state index is 0.0220. The molecule has 0 aliphatic carbocycles. The summed E-state index contributed by atoms with van der Waals surface area (Å²) >= 11 is 0. The van der Waals surface area contributed by atoms with Crippen LogP contribution in [0.3, 0.4) is 0 Å². The number of nitrogens with two attached hydrogens (primary N) is 1. The summed E-state index contributed by atoms with van der Waals surface area (Å²) in [6.45, 7) is 0. The van der Waals surface area contributed by atoms with Crippen molar-refractivity contribution in [3.05, 3.63) is 89.3 Å². The zero-order chi connectivity index (χ0) is 16.9. The quantitative estimate of drug-likeness (QED) is 0.326. The SMILES string of the molecule is Nc1ccncc1.O=c1ccocc1.ON=c1ccn(O)cc1. The second-order valence-corrected chi connectivity index (χ2v) is 3.96. The third kappa shape index (κ3) is 8.35. The first-order valence-corrected chi connectivity index (χ1v) is 6.35. The number of hydrogen-bond donors (Lipinski definition) is 3. The second-order valence-electron chi connectivity index (χ2n) is 3.96. The number of aromatic nitrogens is 2. The van der Waals surface area contributed by atoms with Crippen LogP contribution in [-0.2, 0) is 0 Å². The topological polar surface area (TPSA) is 127 Å². The van der Waals surface area contributed by atoms with Crippen LogP contribution in [0.1, 0.15) is 0 Å². The van der Waals surface area contributed by atoms with Gasteiger partial charge in [0.15, 0.2) is 5.43 Å². The molecule has 0 aliphatic rings. The molecule has 0 bridgehead atoms. The Morgan fingerprint density at radius 2 is 1.61 bits per heavy atom. The molecule has 3 rings (SSSR count). The molecule has 0 unspecified atom stereocenters. The van der Waals surface area contributed by atoms with Crippen molar-refractivity contribution in [2.45, 2.75) is 0 Å². The van der Waals surface area contributed by atoms with E-state index in [0.29, 0.717) is 5.36 Å². The lowest BCUT2D eigenvalue weighted by molar-refractivity contribution is 0.183. The summed E-state index contributed by atoms with van der Waals surface area (Å²) < 4.78 is 5.43. The van der Waals surface area contributed by atoms with Crippen molar-refractivity contribution in [1.82, 2.24) is 9.71 Å². The average Bonchev–Trinajstić information content (AvgIpc) is 2.58. The van der Waals surface area contributed by atoms with Crippen molar-refractivity contribution in [2.24, 2.45) is 5.16 Å². The van der Waals surface area contributed by atoms with E-state index in [9.17, 15) is 4.79 Å². The average molecular weight is 316 g/mol. The van der Waals surface area contributed by atoms with Crippen molar-refractivity contribution in [1.29, 1.82) is 0 Å². The molecule has 0 amide bonds. The van der Waals surface area contributed by atoms with E-state index < -0.39 is 0 Å². The van der Waals surface area contributed by atoms with E-state index in [1.807, 2.05) is 0 Å². The molecule has 0 aliphatic heterocycles. The third-order valence-electron chi connectivity index (χ3n) is 2.24. The Labute approximate surface area is 131 Å². The molecule has 3 heterocycles. The van der Waals surface area contributed by atoms with Gasteiger partial charge in [-0.15, -0.1) is 0 Å². The highest BCUT2D eigenvalue weighted by Crippen LogP contribution is 1.92. The van der Waals surface area contributed by atoms with Crippen LogP contribution in [0, 0.1) is 0 Å². The van der Waals surface area contributed by atoms with E-state index >= 15 is 0 Å². The molecule has 3 aromatic rings. The van der Waals surface area contributed by atoms with E-state index in [1.54, 1.807) is 24.5 Å². The van der Waals surface area contributed by atoms with Crippen molar-refractivity contribution in [3.63, 3.8) is 0 Å². The molecule has 23 heavy (non-hydrogen) atoms. The number of rotatable bonds is 0. The monoisotopic (exact) mass is 316 g/mol. The summed E-state index contributed by atoms with van der Waals surface area (Å²) in [5.74, 6) is 0. The largest absolute Gasteiger partial charge is 0.472 e. The molecule has 0 atom stereocenters. The molecule has 0 radical (unpaired) electrons. The van der Waals surface area contributed by atoms with Crippen molar-refractivity contribution >= 4 is 5.69 Å². The van der Waals surface area contributed by atoms with Gasteiger partial charge in [-0.1, -0.05) is 5.16 Å². The van der Waals surface area contributed by atoms with Gasteiger partial charge in [-0.25, -0.2) is 4.73 Å². The number of nitrogens with zero attached hydrogens (tertiary/aromatic N) is 3. The van der Waals surface area contributed by atoms with E-state index in [2.05, 4.69) is 14.6 Å². The summed E-state index contributed by atoms with van der Waals surface area (Å²) in [5, 5.41) is 20.1. The minimum Gasteiger partial charge on any atom is -0.472 e. The van der Waals surface area contributed by atoms with Crippen molar-refractivity contribution in [3.8, 4) is 0 Å². The maximum atomic E-state index is 10.2. The second kappa shape index (κ2) is 10.2. The fourth-order valence-corrected chi connectivity index (χ4v) is 1.15. The highest BCUT2D eigenvalue weighted by Gasteiger charge is 1.78. The Hall–Kier alpha value is -3.55. The van der Waals surface area contributed by atoms with E-state index in [-0.39, 0.29) is 5.43 Å². The summed E-state index contributed by atoms with van der Waals surface area (Å²) in [6, 6.07) is 9.17. The molecular weight excluding hydrogens is 300 g/mol. The van der Waals surface area contributed by atoms with Crippen LogP contribution in [0.25, 0.3) is 0 Å². The van der Waals surface area contributed by atoms with Gasteiger partial charge in [0.1, 0.15) is 5.36 Å². The summed E-state index contributed by atoms with van der Waals surface area (Å²) in [5.41, 5.74) is 6.06. The lowest BCUT2D eigenvalue weighted by Crippen LogP contribution is -2.02. The lowest BCUT2D eigenvalue weighted by atomic mass is 10.4. The Balaban J connectivity index is 0.000000175. The van der Waals surface area contributed by atoms with Gasteiger partial charge >= 0.3 is 0 Å². The van der Waals surface area contributed by atoms with Gasteiger partial charge < -0.3 is 20.6 Å². The normalized spacial score (nSPS) is 8.70. The summed E-state index contributed by atoms with van der Waals surface area (Å²) in [6.07, 6.45) is 8.76. The van der Waals surface area contributed by atoms with Gasteiger partial charge in [0.25, 0.3) is 0 Å². The maximum absolute atomic E-state index is 10.2. The molecule has 120 valence electrons. The van der Waals surface area contributed by atoms with Gasteiger partial charge in [-0.3, -0.25) is 9.78 Å². The molecule has 0 fully saturated rings. The van der Waals surface area contributed by atoms with Crippen molar-refractivity contribution in [2.75, 3.05) is 5.73 Å². The fraction of sp³-hybridized carbons (Fsp3) is 0. The molecule has 0 saturated carbocycles. The Bertz CT molecular complexity index is 762. The van der Waals surface area contributed by atoms with Gasteiger partial charge in [-0.05, 0) is 24.3 Å². The smallest absolute Gasteiger partial charge is 0.184 e. The standard InChI is InChI=1S/C5H6N2O2.C5H6N2.C5H4O2/c8-6-5-1-3-7(9)4-2-5;2*6-5-1-3-7-4-2-5/h1-4,8-9H;1-4H,(H2,6,7);1-4H. The Morgan fingerprint density at radius 3 is 1.96 bits per heavy atom. The van der Waals surface area contributed by atoms with Gasteiger partial charge in [0, 0.05) is 42.6 Å². The van der Waals surface area contributed by atoms with Crippen LogP contribution < -0.4 is 16.5 Å². The molecule has 4 N–H and O–H groups in total. The van der Waals surface area contributed by atoms with Crippen LogP contribution in [0.4, 0.5) is 5.69 Å². The van der Waals surface area contributed by atoms with Gasteiger partial charge in [0.05, 0.1) is 12.5 Å². The molecule has 8 nitrogen and oxygen atoms in total.